The molecule has 0 bridgehead atoms. The van der Waals surface area contributed by atoms with Crippen molar-refractivity contribution in [3.63, 3.8) is 0 Å². The number of amides is 1. The molecule has 128 valence electrons. The standard InChI is InChI=1S/C18H19Cl2NO3/c1-12(2)10-23-15-6-4-14(5-7-15)21-18(22)11-24-17-8-3-13(19)9-16(17)20/h3-9,12H,10-11H2,1-2H3,(H,21,22). The number of benzene rings is 2. The second-order valence-electron chi connectivity index (χ2n) is 5.64. The van der Waals surface area contributed by atoms with Gasteiger partial charge in [-0.15, -0.1) is 0 Å². The maximum Gasteiger partial charge on any atom is 0.262 e. The Morgan fingerprint density at radius 2 is 1.79 bits per heavy atom. The van der Waals surface area contributed by atoms with E-state index in [1.807, 2.05) is 12.1 Å². The summed E-state index contributed by atoms with van der Waals surface area (Å²) in [5.74, 6) is 1.36. The summed E-state index contributed by atoms with van der Waals surface area (Å²) < 4.78 is 11.0. The van der Waals surface area contributed by atoms with Crippen molar-refractivity contribution in [3.8, 4) is 11.5 Å². The smallest absolute Gasteiger partial charge is 0.262 e. The van der Waals surface area contributed by atoms with Crippen LogP contribution < -0.4 is 14.8 Å². The van der Waals surface area contributed by atoms with Gasteiger partial charge in [0, 0.05) is 10.7 Å². The normalized spacial score (nSPS) is 10.5. The fourth-order valence-corrected chi connectivity index (χ4v) is 2.29. The molecule has 1 amide bonds. The van der Waals surface area contributed by atoms with Crippen LogP contribution in [0.1, 0.15) is 13.8 Å². The molecule has 0 aliphatic carbocycles. The van der Waals surface area contributed by atoms with E-state index < -0.39 is 0 Å². The lowest BCUT2D eigenvalue weighted by atomic mass is 10.2. The molecular weight excluding hydrogens is 349 g/mol. The van der Waals surface area contributed by atoms with Crippen LogP contribution in [0.4, 0.5) is 5.69 Å². The second-order valence-corrected chi connectivity index (χ2v) is 6.48. The summed E-state index contributed by atoms with van der Waals surface area (Å²) in [6.45, 7) is 4.68. The van der Waals surface area contributed by atoms with Crippen molar-refractivity contribution in [2.24, 2.45) is 5.92 Å². The predicted octanol–water partition coefficient (Wildman–Crippen LogP) is 5.05. The number of carbonyl (C=O) groups excluding carboxylic acids is 1. The third kappa shape index (κ3) is 5.95. The van der Waals surface area contributed by atoms with E-state index in [4.69, 9.17) is 32.7 Å². The molecule has 4 nitrogen and oxygen atoms in total. The Balaban J connectivity index is 1.83. The molecule has 0 atom stereocenters. The zero-order valence-electron chi connectivity index (χ0n) is 13.5. The van der Waals surface area contributed by atoms with E-state index >= 15 is 0 Å². The van der Waals surface area contributed by atoms with Gasteiger partial charge in [0.2, 0.25) is 0 Å². The lowest BCUT2D eigenvalue weighted by Gasteiger charge is -2.11. The van der Waals surface area contributed by atoms with Crippen molar-refractivity contribution in [2.45, 2.75) is 13.8 Å². The maximum atomic E-state index is 11.9. The molecule has 0 saturated heterocycles. The van der Waals surface area contributed by atoms with E-state index in [1.54, 1.807) is 30.3 Å². The Morgan fingerprint density at radius 3 is 2.42 bits per heavy atom. The zero-order valence-corrected chi connectivity index (χ0v) is 15.0. The Hall–Kier alpha value is -1.91. The topological polar surface area (TPSA) is 47.6 Å². The lowest BCUT2D eigenvalue weighted by molar-refractivity contribution is -0.118. The van der Waals surface area contributed by atoms with E-state index in [-0.39, 0.29) is 12.5 Å². The minimum Gasteiger partial charge on any atom is -0.493 e. The molecule has 0 saturated carbocycles. The quantitative estimate of drug-likeness (QED) is 0.744. The molecule has 0 aliphatic heterocycles. The van der Waals surface area contributed by atoms with Crippen LogP contribution in [-0.4, -0.2) is 19.1 Å². The Kier molecular flexibility index (Phi) is 6.76. The van der Waals surface area contributed by atoms with Crippen LogP contribution in [0.3, 0.4) is 0 Å². The average Bonchev–Trinajstić information content (AvgIpc) is 2.53. The zero-order chi connectivity index (χ0) is 17.5. The molecule has 2 aromatic rings. The van der Waals surface area contributed by atoms with Gasteiger partial charge in [0.1, 0.15) is 11.5 Å². The molecule has 0 fully saturated rings. The first-order chi connectivity index (χ1) is 11.4. The van der Waals surface area contributed by atoms with Crippen LogP contribution in [0, 0.1) is 5.92 Å². The van der Waals surface area contributed by atoms with Crippen molar-refractivity contribution in [1.29, 1.82) is 0 Å². The van der Waals surface area contributed by atoms with Gasteiger partial charge in [-0.1, -0.05) is 37.0 Å². The molecule has 2 rings (SSSR count). The van der Waals surface area contributed by atoms with Crippen molar-refractivity contribution in [2.75, 3.05) is 18.5 Å². The molecule has 0 aliphatic rings. The van der Waals surface area contributed by atoms with Crippen LogP contribution in [0.15, 0.2) is 42.5 Å². The van der Waals surface area contributed by atoms with Gasteiger partial charge in [0.05, 0.1) is 11.6 Å². The molecule has 0 aromatic heterocycles. The molecular formula is C18H19Cl2NO3. The monoisotopic (exact) mass is 367 g/mol. The number of hydrogen-bond donors (Lipinski definition) is 1. The second kappa shape index (κ2) is 8.81. The van der Waals surface area contributed by atoms with Crippen molar-refractivity contribution in [3.05, 3.63) is 52.5 Å². The molecule has 0 spiro atoms. The fraction of sp³-hybridized carbons (Fsp3) is 0.278. The first kappa shape index (κ1) is 18.4. The van der Waals surface area contributed by atoms with Crippen LogP contribution >= 0.6 is 23.2 Å². The van der Waals surface area contributed by atoms with Crippen LogP contribution in [0.25, 0.3) is 0 Å². The lowest BCUT2D eigenvalue weighted by Crippen LogP contribution is -2.20. The van der Waals surface area contributed by atoms with Gasteiger partial charge in [0.15, 0.2) is 6.61 Å². The van der Waals surface area contributed by atoms with Gasteiger partial charge in [-0.2, -0.15) is 0 Å². The molecule has 0 unspecified atom stereocenters. The van der Waals surface area contributed by atoms with E-state index in [0.717, 1.165) is 5.75 Å². The molecule has 1 N–H and O–H groups in total. The predicted molar refractivity (Wildman–Crippen MR) is 97.4 cm³/mol. The summed E-state index contributed by atoms with van der Waals surface area (Å²) >= 11 is 11.8. The summed E-state index contributed by atoms with van der Waals surface area (Å²) in [6.07, 6.45) is 0. The van der Waals surface area contributed by atoms with Crippen LogP contribution in [0.5, 0.6) is 11.5 Å². The van der Waals surface area contributed by atoms with Gasteiger partial charge in [-0.25, -0.2) is 0 Å². The van der Waals surface area contributed by atoms with Gasteiger partial charge in [0.25, 0.3) is 5.91 Å². The highest BCUT2D eigenvalue weighted by Gasteiger charge is 2.07. The highest BCUT2D eigenvalue weighted by Crippen LogP contribution is 2.27. The minimum atomic E-state index is -0.281. The first-order valence-corrected chi connectivity index (χ1v) is 8.30. The number of ether oxygens (including phenoxy) is 2. The summed E-state index contributed by atoms with van der Waals surface area (Å²) in [6, 6.07) is 12.0. The number of halogens is 2. The first-order valence-electron chi connectivity index (χ1n) is 7.54. The van der Waals surface area contributed by atoms with E-state index in [1.165, 1.54) is 0 Å². The highest BCUT2D eigenvalue weighted by molar-refractivity contribution is 6.35. The van der Waals surface area contributed by atoms with Crippen molar-refractivity contribution in [1.82, 2.24) is 0 Å². The summed E-state index contributed by atoms with van der Waals surface area (Å²) in [5, 5.41) is 3.62. The van der Waals surface area contributed by atoms with Gasteiger partial charge in [-0.05, 0) is 48.4 Å². The molecule has 0 heterocycles. The fourth-order valence-electron chi connectivity index (χ4n) is 1.83. The molecule has 6 heteroatoms. The Bertz CT molecular complexity index is 687. The SMILES string of the molecule is CC(C)COc1ccc(NC(=O)COc2ccc(Cl)cc2Cl)cc1. The third-order valence-electron chi connectivity index (χ3n) is 2.97. The number of nitrogens with one attached hydrogen (secondary N) is 1. The highest BCUT2D eigenvalue weighted by atomic mass is 35.5. The minimum absolute atomic E-state index is 0.146. The molecule has 2 aromatic carbocycles. The number of rotatable bonds is 7. The van der Waals surface area contributed by atoms with Gasteiger partial charge < -0.3 is 14.8 Å². The summed E-state index contributed by atoms with van der Waals surface area (Å²) in [4.78, 5) is 11.9. The van der Waals surface area contributed by atoms with E-state index in [2.05, 4.69) is 19.2 Å². The molecule has 0 radical (unpaired) electrons. The maximum absolute atomic E-state index is 11.9. The Labute approximate surface area is 151 Å². The average molecular weight is 368 g/mol. The number of hydrogen-bond acceptors (Lipinski definition) is 3. The number of anilines is 1. The third-order valence-corrected chi connectivity index (χ3v) is 3.50. The summed E-state index contributed by atoms with van der Waals surface area (Å²) in [5.41, 5.74) is 0.669. The van der Waals surface area contributed by atoms with Crippen LogP contribution in [-0.2, 0) is 4.79 Å². The summed E-state index contributed by atoms with van der Waals surface area (Å²) in [7, 11) is 0. The van der Waals surface area contributed by atoms with Crippen molar-refractivity contribution >= 4 is 34.8 Å². The van der Waals surface area contributed by atoms with E-state index in [9.17, 15) is 4.79 Å². The van der Waals surface area contributed by atoms with Gasteiger partial charge >= 0.3 is 0 Å². The molecule has 24 heavy (non-hydrogen) atoms. The largest absolute Gasteiger partial charge is 0.493 e. The van der Waals surface area contributed by atoms with Gasteiger partial charge in [-0.3, -0.25) is 4.79 Å². The van der Waals surface area contributed by atoms with E-state index in [0.29, 0.717) is 34.0 Å². The van der Waals surface area contributed by atoms with Crippen molar-refractivity contribution < 1.29 is 14.3 Å². The Morgan fingerprint density at radius 1 is 1.08 bits per heavy atom. The number of carbonyl (C=O) groups is 1. The van der Waals surface area contributed by atoms with Crippen LogP contribution in [0.2, 0.25) is 10.0 Å².